The van der Waals surface area contributed by atoms with Gasteiger partial charge in [-0.25, -0.2) is 4.39 Å². The summed E-state index contributed by atoms with van der Waals surface area (Å²) in [6, 6.07) is 23.7. The van der Waals surface area contributed by atoms with Gasteiger partial charge in [-0.05, 0) is 68.8 Å². The number of likely N-dealkylation sites (tertiary alicyclic amines) is 1. The molecule has 1 saturated heterocycles. The van der Waals surface area contributed by atoms with Gasteiger partial charge >= 0.3 is 10.1 Å². The Labute approximate surface area is 260 Å². The molecule has 0 atom stereocenters. The van der Waals surface area contributed by atoms with Gasteiger partial charge in [-0.1, -0.05) is 48.0 Å². The highest BCUT2D eigenvalue weighted by atomic mass is 32.2. The SMILES string of the molecule is Cc1ccc(S(=O)(=O)Oc2cc(OCc3ccccc3)c(OC3CCN(C)CC3)c3oc(-c4ccc(F)cc4)cc(=O)c23)cc1. The molecule has 5 aromatic rings. The Hall–Kier alpha value is -4.67. The lowest BCUT2D eigenvalue weighted by atomic mass is 10.1. The number of nitrogens with zero attached hydrogens (tertiary/aromatic N) is 1. The van der Waals surface area contributed by atoms with Crippen LogP contribution in [0.25, 0.3) is 22.3 Å². The van der Waals surface area contributed by atoms with Crippen LogP contribution < -0.4 is 19.1 Å². The fourth-order valence-electron chi connectivity index (χ4n) is 5.17. The summed E-state index contributed by atoms with van der Waals surface area (Å²) >= 11 is 0. The van der Waals surface area contributed by atoms with Crippen molar-refractivity contribution in [2.75, 3.05) is 20.1 Å². The van der Waals surface area contributed by atoms with Crippen molar-refractivity contribution in [3.63, 3.8) is 0 Å². The van der Waals surface area contributed by atoms with E-state index in [1.807, 2.05) is 44.3 Å². The molecule has 1 fully saturated rings. The number of piperidine rings is 1. The van der Waals surface area contributed by atoms with E-state index in [1.165, 1.54) is 48.5 Å². The van der Waals surface area contributed by atoms with Crippen molar-refractivity contribution >= 4 is 21.1 Å². The van der Waals surface area contributed by atoms with Crippen LogP contribution in [0.4, 0.5) is 4.39 Å². The van der Waals surface area contributed by atoms with Crippen LogP contribution in [0.2, 0.25) is 0 Å². The highest BCUT2D eigenvalue weighted by molar-refractivity contribution is 7.87. The number of halogens is 1. The van der Waals surface area contributed by atoms with Gasteiger partial charge in [0.15, 0.2) is 22.5 Å². The van der Waals surface area contributed by atoms with E-state index >= 15 is 0 Å². The summed E-state index contributed by atoms with van der Waals surface area (Å²) < 4.78 is 65.4. The molecule has 8 nitrogen and oxygen atoms in total. The van der Waals surface area contributed by atoms with Gasteiger partial charge in [0.2, 0.25) is 5.75 Å². The van der Waals surface area contributed by atoms with Crippen LogP contribution in [0, 0.1) is 12.7 Å². The predicted octanol–water partition coefficient (Wildman–Crippen LogP) is 6.73. The van der Waals surface area contributed by atoms with E-state index in [4.69, 9.17) is 18.1 Å². The van der Waals surface area contributed by atoms with E-state index in [9.17, 15) is 17.6 Å². The van der Waals surface area contributed by atoms with Crippen LogP contribution in [-0.2, 0) is 16.7 Å². The number of benzene rings is 4. The second-order valence-electron chi connectivity index (χ2n) is 11.1. The summed E-state index contributed by atoms with van der Waals surface area (Å²) in [6.07, 6.45) is 1.22. The maximum absolute atomic E-state index is 13.8. The smallest absolute Gasteiger partial charge is 0.339 e. The zero-order valence-corrected chi connectivity index (χ0v) is 25.7. The fraction of sp³-hybridized carbons (Fsp3) is 0.229. The lowest BCUT2D eigenvalue weighted by Crippen LogP contribution is -2.35. The van der Waals surface area contributed by atoms with Crippen molar-refractivity contribution in [2.24, 2.45) is 0 Å². The molecule has 0 aliphatic carbocycles. The van der Waals surface area contributed by atoms with Gasteiger partial charge in [-0.2, -0.15) is 8.42 Å². The molecule has 45 heavy (non-hydrogen) atoms. The monoisotopic (exact) mass is 629 g/mol. The van der Waals surface area contributed by atoms with Crippen molar-refractivity contribution < 1.29 is 30.9 Å². The normalized spacial score (nSPS) is 14.4. The summed E-state index contributed by atoms with van der Waals surface area (Å²) in [6.45, 7) is 3.59. The molecule has 232 valence electrons. The van der Waals surface area contributed by atoms with Gasteiger partial charge in [-0.3, -0.25) is 4.79 Å². The Morgan fingerprint density at radius 2 is 1.60 bits per heavy atom. The molecule has 0 amide bonds. The Morgan fingerprint density at radius 3 is 2.29 bits per heavy atom. The molecule has 0 radical (unpaired) electrons. The first-order chi connectivity index (χ1) is 21.7. The van der Waals surface area contributed by atoms with Gasteiger partial charge in [0.25, 0.3) is 0 Å². The number of rotatable bonds is 9. The molecule has 0 N–H and O–H groups in total. The van der Waals surface area contributed by atoms with Crippen LogP contribution in [-0.4, -0.2) is 39.6 Å². The number of aryl methyl sites for hydroxylation is 1. The van der Waals surface area contributed by atoms with E-state index in [2.05, 4.69) is 4.90 Å². The number of hydrogen-bond acceptors (Lipinski definition) is 8. The zero-order valence-electron chi connectivity index (χ0n) is 24.9. The van der Waals surface area contributed by atoms with Gasteiger partial charge < -0.3 is 23.0 Å². The van der Waals surface area contributed by atoms with Gasteiger partial charge in [0.1, 0.15) is 34.6 Å². The Balaban J connectivity index is 1.54. The van der Waals surface area contributed by atoms with Crippen LogP contribution >= 0.6 is 0 Å². The minimum absolute atomic E-state index is 0.0274. The van der Waals surface area contributed by atoms with Gasteiger partial charge in [-0.15, -0.1) is 0 Å². The molecule has 6 rings (SSSR count). The first-order valence-electron chi connectivity index (χ1n) is 14.6. The quantitative estimate of drug-likeness (QED) is 0.166. The van der Waals surface area contributed by atoms with Crippen molar-refractivity contribution in [3.8, 4) is 28.6 Å². The third kappa shape index (κ3) is 6.87. The average Bonchev–Trinajstić information content (AvgIpc) is 3.03. The van der Waals surface area contributed by atoms with Gasteiger partial charge in [0.05, 0.1) is 0 Å². The van der Waals surface area contributed by atoms with E-state index in [0.717, 1.165) is 37.1 Å². The third-order valence-electron chi connectivity index (χ3n) is 7.71. The number of fused-ring (bicyclic) bond motifs is 1. The van der Waals surface area contributed by atoms with E-state index in [0.29, 0.717) is 5.56 Å². The molecule has 10 heteroatoms. The number of hydrogen-bond donors (Lipinski definition) is 0. The second kappa shape index (κ2) is 12.7. The Bertz CT molecular complexity index is 1970. The summed E-state index contributed by atoms with van der Waals surface area (Å²) in [5, 5.41) is -0.119. The molecule has 0 spiro atoms. The zero-order chi connectivity index (χ0) is 31.6. The predicted molar refractivity (Wildman–Crippen MR) is 169 cm³/mol. The summed E-state index contributed by atoms with van der Waals surface area (Å²) in [5.74, 6) is -0.241. The summed E-state index contributed by atoms with van der Waals surface area (Å²) in [4.78, 5) is 15.9. The van der Waals surface area contributed by atoms with Crippen LogP contribution in [0.5, 0.6) is 17.2 Å². The fourth-order valence-corrected chi connectivity index (χ4v) is 6.11. The lowest BCUT2D eigenvalue weighted by molar-refractivity contribution is 0.110. The minimum atomic E-state index is -4.36. The highest BCUT2D eigenvalue weighted by Gasteiger charge is 2.28. The standard InChI is InChI=1S/C35H32FNO7S/c1-23-8-14-28(15-9-23)45(39,40)44-31-21-32(41-22-24-6-4-3-5-7-24)34(42-27-16-18-37(2)19-17-27)35-33(31)29(38)20-30(43-35)25-10-12-26(36)13-11-25/h3-15,20-21,27H,16-19,22H2,1-2H3. The van der Waals surface area contributed by atoms with E-state index in [-0.39, 0.29) is 51.6 Å². The van der Waals surface area contributed by atoms with Gasteiger partial charge in [0, 0.05) is 30.8 Å². The van der Waals surface area contributed by atoms with E-state index in [1.54, 1.807) is 12.1 Å². The highest BCUT2D eigenvalue weighted by Crippen LogP contribution is 2.44. The van der Waals surface area contributed by atoms with Crippen molar-refractivity contribution in [1.29, 1.82) is 0 Å². The largest absolute Gasteiger partial charge is 0.485 e. The van der Waals surface area contributed by atoms with Crippen molar-refractivity contribution in [3.05, 3.63) is 118 Å². The second-order valence-corrected chi connectivity index (χ2v) is 12.7. The summed E-state index contributed by atoms with van der Waals surface area (Å²) in [5.41, 5.74) is 1.60. The molecule has 1 aliphatic rings. The number of ether oxygens (including phenoxy) is 2. The molecule has 0 unspecified atom stereocenters. The van der Waals surface area contributed by atoms with E-state index < -0.39 is 21.4 Å². The van der Waals surface area contributed by atoms with Crippen LogP contribution in [0.15, 0.2) is 105 Å². The van der Waals surface area contributed by atoms with Crippen LogP contribution in [0.1, 0.15) is 24.0 Å². The average molecular weight is 630 g/mol. The Kier molecular flexibility index (Phi) is 8.60. The van der Waals surface area contributed by atoms with Crippen LogP contribution in [0.3, 0.4) is 0 Å². The van der Waals surface area contributed by atoms with Crippen molar-refractivity contribution in [1.82, 2.24) is 4.90 Å². The Morgan fingerprint density at radius 1 is 0.911 bits per heavy atom. The first kappa shape index (κ1) is 30.4. The topological polar surface area (TPSA) is 95.3 Å². The molecular formula is C35H32FNO7S. The van der Waals surface area contributed by atoms with Crippen molar-refractivity contribution in [2.45, 2.75) is 37.4 Å². The third-order valence-corrected chi connectivity index (χ3v) is 8.96. The molecular weight excluding hydrogens is 597 g/mol. The summed E-state index contributed by atoms with van der Waals surface area (Å²) in [7, 11) is -2.32. The molecule has 4 aromatic carbocycles. The first-order valence-corrected chi connectivity index (χ1v) is 16.0. The minimum Gasteiger partial charge on any atom is -0.485 e. The maximum atomic E-state index is 13.8. The molecule has 1 aliphatic heterocycles. The molecule has 1 aromatic heterocycles. The molecule has 0 bridgehead atoms. The molecule has 0 saturated carbocycles. The molecule has 2 heterocycles. The maximum Gasteiger partial charge on any atom is 0.339 e. The lowest BCUT2D eigenvalue weighted by Gasteiger charge is -2.30.